The minimum atomic E-state index is -0.287. The van der Waals surface area contributed by atoms with Gasteiger partial charge in [0.25, 0.3) is 5.91 Å². The van der Waals surface area contributed by atoms with Crippen LogP contribution in [0.2, 0.25) is 0 Å². The third-order valence-corrected chi connectivity index (χ3v) is 5.70. The summed E-state index contributed by atoms with van der Waals surface area (Å²) in [4.78, 5) is 23.4. The van der Waals surface area contributed by atoms with Crippen molar-refractivity contribution in [3.63, 3.8) is 0 Å². The number of hydrogen-bond acceptors (Lipinski definition) is 6. The van der Waals surface area contributed by atoms with Crippen molar-refractivity contribution in [1.29, 1.82) is 0 Å². The topological polar surface area (TPSA) is 80.5 Å². The molecule has 5 rings (SSSR count). The third kappa shape index (κ3) is 3.63. The van der Waals surface area contributed by atoms with Crippen LogP contribution in [-0.4, -0.2) is 45.5 Å². The molecular weight excluding hydrogens is 387 g/mol. The van der Waals surface area contributed by atoms with Crippen molar-refractivity contribution in [2.75, 3.05) is 18.4 Å². The van der Waals surface area contributed by atoms with E-state index in [0.717, 1.165) is 24.0 Å². The van der Waals surface area contributed by atoms with Crippen molar-refractivity contribution in [2.45, 2.75) is 44.9 Å². The van der Waals surface area contributed by atoms with E-state index in [1.807, 2.05) is 13.0 Å². The fourth-order valence-electron chi connectivity index (χ4n) is 3.51. The highest BCUT2D eigenvalue weighted by Gasteiger charge is 2.39. The Morgan fingerprint density at radius 2 is 2.10 bits per heavy atom. The lowest BCUT2D eigenvalue weighted by Crippen LogP contribution is -2.55. The molecule has 0 radical (unpaired) electrons. The van der Waals surface area contributed by atoms with Crippen LogP contribution >= 0.6 is 0 Å². The zero-order valence-electron chi connectivity index (χ0n) is 16.9. The molecule has 30 heavy (non-hydrogen) atoms. The molecule has 0 unspecified atom stereocenters. The third-order valence-electron chi connectivity index (χ3n) is 5.70. The second kappa shape index (κ2) is 7.05. The summed E-state index contributed by atoms with van der Waals surface area (Å²) in [5, 5.41) is 4.21. The van der Waals surface area contributed by atoms with Crippen molar-refractivity contribution in [3.05, 3.63) is 53.3 Å². The van der Waals surface area contributed by atoms with E-state index in [1.165, 1.54) is 6.07 Å². The molecule has 2 aliphatic rings. The Morgan fingerprint density at radius 3 is 2.83 bits per heavy atom. The summed E-state index contributed by atoms with van der Waals surface area (Å²) in [6, 6.07) is 8.41. The van der Waals surface area contributed by atoms with Crippen LogP contribution in [0.1, 0.15) is 41.7 Å². The number of carbonyl (C=O) groups excluding carboxylic acids is 1. The van der Waals surface area contributed by atoms with E-state index in [2.05, 4.69) is 22.2 Å². The number of nitrogens with zero attached hydrogens (tertiary/aromatic N) is 3. The summed E-state index contributed by atoms with van der Waals surface area (Å²) in [6.07, 6.45) is 1.99. The highest BCUT2D eigenvalue weighted by atomic mass is 19.1. The molecule has 156 valence electrons. The predicted octanol–water partition coefficient (Wildman–Crippen LogP) is 3.68. The van der Waals surface area contributed by atoms with Gasteiger partial charge in [-0.1, -0.05) is 18.2 Å². The maximum atomic E-state index is 13.7. The van der Waals surface area contributed by atoms with Crippen molar-refractivity contribution in [3.8, 4) is 0 Å². The van der Waals surface area contributed by atoms with Gasteiger partial charge in [0.15, 0.2) is 0 Å². The molecule has 8 heteroatoms. The normalized spacial score (nSPS) is 17.8. The summed E-state index contributed by atoms with van der Waals surface area (Å²) in [7, 11) is 0. The Balaban J connectivity index is 1.27. The number of benzene rings is 1. The number of furan rings is 1. The highest BCUT2D eigenvalue weighted by molar-refractivity contribution is 5.95. The van der Waals surface area contributed by atoms with Crippen LogP contribution in [0.25, 0.3) is 11.1 Å². The van der Waals surface area contributed by atoms with E-state index >= 15 is 0 Å². The van der Waals surface area contributed by atoms with E-state index < -0.39 is 0 Å². The van der Waals surface area contributed by atoms with Crippen LogP contribution < -0.4 is 5.32 Å². The first-order chi connectivity index (χ1) is 14.4. The number of rotatable bonds is 6. The number of carbonyl (C=O) groups is 1. The smallest absolute Gasteiger partial charge is 0.292 e. The molecule has 3 heterocycles. The van der Waals surface area contributed by atoms with E-state index in [0.29, 0.717) is 30.2 Å². The Kier molecular flexibility index (Phi) is 4.47. The minimum Gasteiger partial charge on any atom is -0.443 e. The van der Waals surface area contributed by atoms with Crippen LogP contribution in [0, 0.1) is 12.7 Å². The van der Waals surface area contributed by atoms with Crippen LogP contribution in [0.3, 0.4) is 0 Å². The average molecular weight is 410 g/mol. The number of hydrogen-bond donors (Lipinski definition) is 1. The van der Waals surface area contributed by atoms with Gasteiger partial charge in [-0.3, -0.25) is 4.79 Å². The summed E-state index contributed by atoms with van der Waals surface area (Å²) < 4.78 is 25.1. The van der Waals surface area contributed by atoms with E-state index in [-0.39, 0.29) is 35.8 Å². The van der Waals surface area contributed by atoms with Gasteiger partial charge in [-0.25, -0.2) is 9.37 Å². The lowest BCUT2D eigenvalue weighted by atomic mass is 10.1. The molecule has 1 aromatic carbocycles. The van der Waals surface area contributed by atoms with Crippen LogP contribution in [0.15, 0.2) is 34.7 Å². The van der Waals surface area contributed by atoms with Gasteiger partial charge in [-0.2, -0.15) is 4.98 Å². The first-order valence-electron chi connectivity index (χ1n) is 10.1. The molecule has 7 nitrogen and oxygen atoms in total. The van der Waals surface area contributed by atoms with Gasteiger partial charge in [0.2, 0.25) is 11.5 Å². The molecule has 1 saturated heterocycles. The number of aryl methyl sites for hydroxylation is 1. The maximum absolute atomic E-state index is 13.7. The summed E-state index contributed by atoms with van der Waals surface area (Å²) in [5.41, 5.74) is 0.925. The summed E-state index contributed by atoms with van der Waals surface area (Å²) >= 11 is 0. The van der Waals surface area contributed by atoms with Gasteiger partial charge in [0.05, 0.1) is 18.1 Å². The highest BCUT2D eigenvalue weighted by Crippen LogP contribution is 2.39. The molecule has 2 aromatic heterocycles. The fourth-order valence-corrected chi connectivity index (χ4v) is 3.51. The second-order valence-electron chi connectivity index (χ2n) is 8.39. The number of ether oxygens (including phenoxy) is 1. The van der Waals surface area contributed by atoms with Gasteiger partial charge in [-0.05, 0) is 38.8 Å². The number of likely N-dealkylation sites (tertiary alicyclic amines) is 1. The van der Waals surface area contributed by atoms with Crippen LogP contribution in [0.5, 0.6) is 0 Å². The van der Waals surface area contributed by atoms with Gasteiger partial charge in [-0.15, -0.1) is 0 Å². The SMILES string of the molecule is Cc1cc2c(NC3(C)CC3)nc(C(=O)N3CC(OCc4ccccc4F)C3)nc2o1. The number of fused-ring (bicyclic) bond motifs is 1. The average Bonchev–Trinajstić information content (AvgIpc) is 3.27. The van der Waals surface area contributed by atoms with E-state index in [9.17, 15) is 9.18 Å². The minimum absolute atomic E-state index is 0.00911. The largest absolute Gasteiger partial charge is 0.443 e. The Morgan fingerprint density at radius 1 is 1.33 bits per heavy atom. The predicted molar refractivity (Wildman–Crippen MR) is 109 cm³/mol. The lowest BCUT2D eigenvalue weighted by Gasteiger charge is -2.38. The first kappa shape index (κ1) is 19.0. The first-order valence-corrected chi connectivity index (χ1v) is 10.1. The zero-order valence-corrected chi connectivity index (χ0v) is 16.9. The molecule has 1 saturated carbocycles. The quantitative estimate of drug-likeness (QED) is 0.668. The Bertz CT molecular complexity index is 1120. The molecular formula is C22H23FN4O3. The molecule has 1 N–H and O–H groups in total. The van der Waals surface area contributed by atoms with E-state index in [4.69, 9.17) is 9.15 Å². The Labute approximate surface area is 173 Å². The molecule has 0 atom stereocenters. The summed E-state index contributed by atoms with van der Waals surface area (Å²) in [6.45, 7) is 5.00. The van der Waals surface area contributed by atoms with Crippen molar-refractivity contribution < 1.29 is 18.3 Å². The van der Waals surface area contributed by atoms with Crippen molar-refractivity contribution in [1.82, 2.24) is 14.9 Å². The number of anilines is 1. The monoisotopic (exact) mass is 410 g/mol. The van der Waals surface area contributed by atoms with Crippen LogP contribution in [0.4, 0.5) is 10.2 Å². The second-order valence-corrected chi connectivity index (χ2v) is 8.39. The van der Waals surface area contributed by atoms with Gasteiger partial charge in [0.1, 0.15) is 17.4 Å². The standard InChI is InChI=1S/C22H23FN4O3/c1-13-9-16-18(26-22(2)7-8-22)24-19(25-20(16)30-13)21(28)27-10-15(11-27)29-12-14-5-3-4-6-17(14)23/h3-6,9,15H,7-8,10-12H2,1-2H3,(H,24,25,26). The molecule has 0 spiro atoms. The number of nitrogens with one attached hydrogen (secondary N) is 1. The number of amides is 1. The lowest BCUT2D eigenvalue weighted by molar-refractivity contribution is -0.0513. The van der Waals surface area contributed by atoms with Crippen molar-refractivity contribution in [2.24, 2.45) is 0 Å². The molecule has 1 amide bonds. The molecule has 1 aliphatic heterocycles. The molecule has 2 fully saturated rings. The Hall–Kier alpha value is -3.00. The van der Waals surface area contributed by atoms with Crippen LogP contribution in [-0.2, 0) is 11.3 Å². The maximum Gasteiger partial charge on any atom is 0.292 e. The number of halogens is 1. The summed E-state index contributed by atoms with van der Waals surface area (Å²) in [5.74, 6) is 0.910. The molecule has 1 aliphatic carbocycles. The molecule has 3 aromatic rings. The number of aromatic nitrogens is 2. The van der Waals surface area contributed by atoms with Crippen molar-refractivity contribution >= 4 is 22.8 Å². The van der Waals surface area contributed by atoms with Gasteiger partial charge in [0, 0.05) is 24.2 Å². The zero-order chi connectivity index (χ0) is 20.9. The molecule has 0 bridgehead atoms. The van der Waals surface area contributed by atoms with Gasteiger partial charge < -0.3 is 19.4 Å². The van der Waals surface area contributed by atoms with E-state index in [1.54, 1.807) is 23.1 Å². The van der Waals surface area contributed by atoms with Gasteiger partial charge >= 0.3 is 0 Å². The fraction of sp³-hybridized carbons (Fsp3) is 0.409.